The Kier molecular flexibility index (Phi) is 3.21. The summed E-state index contributed by atoms with van der Waals surface area (Å²) in [4.78, 5) is 26.0. The molecule has 4 aliphatic rings. The lowest BCUT2D eigenvalue weighted by Gasteiger charge is -2.60. The van der Waals surface area contributed by atoms with Gasteiger partial charge in [0, 0.05) is 23.2 Å². The summed E-state index contributed by atoms with van der Waals surface area (Å²) >= 11 is 0. The molecule has 0 bridgehead atoms. The van der Waals surface area contributed by atoms with Crippen LogP contribution in [0.2, 0.25) is 0 Å². The maximum absolute atomic E-state index is 13.5. The van der Waals surface area contributed by atoms with Gasteiger partial charge in [0.15, 0.2) is 5.78 Å². The Morgan fingerprint density at radius 1 is 1.27 bits per heavy atom. The van der Waals surface area contributed by atoms with Crippen molar-refractivity contribution in [3.05, 3.63) is 0 Å². The Morgan fingerprint density at radius 3 is 2.69 bits per heavy atom. The number of rotatable bonds is 2. The SMILES string of the molecule is [2H]C1([2H])C[C@@]2(C)[C@@H]3C(=O)C[C@]4(C)[C@H](CC[C@@]4(O)C(=O)CO)[C@H]3CC[C@H]2C([2H])([2H])[C@H]1O. The fourth-order valence-corrected chi connectivity index (χ4v) is 6.97. The standard InChI is InChI=1S/C21H32O5/c1-19-7-5-13(23)9-12(19)3-4-14-15-6-8-21(26,17(25)11-22)20(15,2)10-16(24)18(14)19/h12-15,18,22-23,26H,3-11H2,1-2H3/t12-,13-,14+,15+,18-,19+,20+,21+/m0/s1/i5D2,9D2. The van der Waals surface area contributed by atoms with Gasteiger partial charge in [0.25, 0.3) is 0 Å². The van der Waals surface area contributed by atoms with Crippen molar-refractivity contribution >= 4 is 11.6 Å². The summed E-state index contributed by atoms with van der Waals surface area (Å²) in [5, 5.41) is 31.0. The molecule has 5 heteroatoms. The number of ketones is 2. The van der Waals surface area contributed by atoms with E-state index in [0.29, 0.717) is 19.3 Å². The number of Topliss-reactive ketones (excluding diaryl/α,β-unsaturated/α-hetero) is 2. The van der Waals surface area contributed by atoms with Crippen LogP contribution >= 0.6 is 0 Å². The summed E-state index contributed by atoms with van der Waals surface area (Å²) in [5.41, 5.74) is -3.69. The van der Waals surface area contributed by atoms with Crippen LogP contribution in [-0.4, -0.2) is 45.2 Å². The first-order chi connectivity index (χ1) is 13.7. The predicted molar refractivity (Wildman–Crippen MR) is 95.2 cm³/mol. The summed E-state index contributed by atoms with van der Waals surface area (Å²) in [6, 6.07) is 0. The van der Waals surface area contributed by atoms with Gasteiger partial charge in [0.05, 0.1) is 6.10 Å². The van der Waals surface area contributed by atoms with Crippen molar-refractivity contribution in [3.63, 3.8) is 0 Å². The molecule has 4 fully saturated rings. The molecule has 8 atom stereocenters. The molecule has 0 aromatic heterocycles. The van der Waals surface area contributed by atoms with Gasteiger partial charge in [-0.15, -0.1) is 0 Å². The highest BCUT2D eigenvalue weighted by molar-refractivity contribution is 5.92. The van der Waals surface area contributed by atoms with Crippen LogP contribution in [0.25, 0.3) is 0 Å². The van der Waals surface area contributed by atoms with E-state index in [1.54, 1.807) is 13.8 Å². The summed E-state index contributed by atoms with van der Waals surface area (Å²) in [5.74, 6) is -2.36. The highest BCUT2D eigenvalue weighted by atomic mass is 16.3. The first-order valence-electron chi connectivity index (χ1n) is 11.7. The molecule has 4 saturated carbocycles. The van der Waals surface area contributed by atoms with Crippen molar-refractivity contribution in [2.75, 3.05) is 6.61 Å². The van der Waals surface area contributed by atoms with E-state index in [1.807, 2.05) is 0 Å². The molecule has 3 N–H and O–H groups in total. The second-order valence-corrected chi connectivity index (χ2v) is 9.37. The van der Waals surface area contributed by atoms with E-state index in [2.05, 4.69) is 0 Å². The van der Waals surface area contributed by atoms with Crippen LogP contribution in [-0.2, 0) is 9.59 Å². The lowest BCUT2D eigenvalue weighted by Crippen LogP contribution is -2.62. The third-order valence-electron chi connectivity index (χ3n) is 8.35. The maximum Gasteiger partial charge on any atom is 0.190 e. The van der Waals surface area contributed by atoms with E-state index in [9.17, 15) is 24.9 Å². The van der Waals surface area contributed by atoms with Crippen LogP contribution in [0.15, 0.2) is 0 Å². The number of hydrogen-bond acceptors (Lipinski definition) is 5. The Balaban J connectivity index is 1.77. The highest BCUT2D eigenvalue weighted by Gasteiger charge is 2.68. The zero-order valence-electron chi connectivity index (χ0n) is 19.5. The van der Waals surface area contributed by atoms with Gasteiger partial charge in [-0.1, -0.05) is 13.8 Å². The number of aliphatic hydroxyl groups excluding tert-OH is 2. The van der Waals surface area contributed by atoms with E-state index >= 15 is 0 Å². The molecule has 0 saturated heterocycles. The van der Waals surface area contributed by atoms with Gasteiger partial charge in [-0.2, -0.15) is 0 Å². The lowest BCUT2D eigenvalue weighted by molar-refractivity contribution is -0.180. The number of carbonyl (C=O) groups is 2. The summed E-state index contributed by atoms with van der Waals surface area (Å²) in [6.07, 6.45) is -4.51. The molecular weight excluding hydrogens is 332 g/mol. The molecule has 0 heterocycles. The molecule has 0 radical (unpaired) electrons. The summed E-state index contributed by atoms with van der Waals surface area (Å²) in [7, 11) is 0. The number of fused-ring (bicyclic) bond motifs is 5. The van der Waals surface area contributed by atoms with Crippen LogP contribution < -0.4 is 0 Å². The van der Waals surface area contributed by atoms with Crippen LogP contribution in [0, 0.1) is 34.5 Å². The molecule has 26 heavy (non-hydrogen) atoms. The van der Waals surface area contributed by atoms with Gasteiger partial charge in [-0.3, -0.25) is 9.59 Å². The van der Waals surface area contributed by atoms with Gasteiger partial charge < -0.3 is 15.3 Å². The molecule has 5 nitrogen and oxygen atoms in total. The van der Waals surface area contributed by atoms with E-state index < -0.39 is 59.5 Å². The van der Waals surface area contributed by atoms with Crippen molar-refractivity contribution in [2.24, 2.45) is 34.5 Å². The fraction of sp³-hybridized carbons (Fsp3) is 0.905. The third kappa shape index (κ3) is 2.20. The fourth-order valence-electron chi connectivity index (χ4n) is 6.97. The Morgan fingerprint density at radius 2 is 2.00 bits per heavy atom. The molecule has 4 aliphatic carbocycles. The van der Waals surface area contributed by atoms with Crippen LogP contribution in [0.3, 0.4) is 0 Å². The van der Waals surface area contributed by atoms with Crippen molar-refractivity contribution in [3.8, 4) is 0 Å². The first kappa shape index (κ1) is 14.3. The van der Waals surface area contributed by atoms with E-state index in [1.165, 1.54) is 0 Å². The van der Waals surface area contributed by atoms with Gasteiger partial charge in [-0.05, 0) is 68.0 Å². The molecule has 0 amide bonds. The monoisotopic (exact) mass is 368 g/mol. The average Bonchev–Trinajstić information content (AvgIpc) is 2.90. The van der Waals surface area contributed by atoms with E-state index in [4.69, 9.17) is 5.48 Å². The zero-order valence-corrected chi connectivity index (χ0v) is 15.5. The van der Waals surface area contributed by atoms with Crippen LogP contribution in [0.5, 0.6) is 0 Å². The third-order valence-corrected chi connectivity index (χ3v) is 8.35. The van der Waals surface area contributed by atoms with E-state index in [0.717, 1.165) is 0 Å². The molecule has 0 aliphatic heterocycles. The molecule has 0 unspecified atom stereocenters. The predicted octanol–water partition coefficient (Wildman–Crippen LogP) is 1.86. The zero-order chi connectivity index (χ0) is 22.5. The topological polar surface area (TPSA) is 94.8 Å². The van der Waals surface area contributed by atoms with E-state index in [-0.39, 0.29) is 36.9 Å². The number of hydrogen-bond donors (Lipinski definition) is 3. The Bertz CT molecular complexity index is 787. The largest absolute Gasteiger partial charge is 0.393 e. The minimum Gasteiger partial charge on any atom is -0.393 e. The van der Waals surface area contributed by atoms with Gasteiger partial charge in [-0.25, -0.2) is 0 Å². The number of carbonyl (C=O) groups excluding carboxylic acids is 2. The Labute approximate surface area is 160 Å². The van der Waals surface area contributed by atoms with Crippen molar-refractivity contribution < 1.29 is 30.4 Å². The second-order valence-electron chi connectivity index (χ2n) is 9.37. The highest BCUT2D eigenvalue weighted by Crippen LogP contribution is 2.67. The quantitative estimate of drug-likeness (QED) is 0.692. The first-order valence-corrected chi connectivity index (χ1v) is 9.74. The summed E-state index contributed by atoms with van der Waals surface area (Å²) in [6.45, 7) is 2.76. The summed E-state index contributed by atoms with van der Waals surface area (Å²) < 4.78 is 33.6. The normalized spacial score (nSPS) is 59.7. The minimum atomic E-state index is -2.15. The second kappa shape index (κ2) is 5.86. The molecule has 0 aromatic rings. The molecule has 4 rings (SSSR count). The smallest absolute Gasteiger partial charge is 0.190 e. The molecule has 0 spiro atoms. The lowest BCUT2D eigenvalue weighted by atomic mass is 9.44. The molecular formula is C21H32O5. The van der Waals surface area contributed by atoms with Crippen LogP contribution in [0.4, 0.5) is 0 Å². The Hall–Kier alpha value is -0.780. The van der Waals surface area contributed by atoms with Crippen molar-refractivity contribution in [1.82, 2.24) is 0 Å². The maximum atomic E-state index is 13.5. The van der Waals surface area contributed by atoms with Crippen molar-refractivity contribution in [2.45, 2.75) is 76.8 Å². The number of aliphatic hydroxyl groups is 3. The van der Waals surface area contributed by atoms with Gasteiger partial charge >= 0.3 is 0 Å². The van der Waals surface area contributed by atoms with Crippen molar-refractivity contribution in [1.29, 1.82) is 0 Å². The average molecular weight is 369 g/mol. The molecule has 146 valence electrons. The molecule has 0 aromatic carbocycles. The minimum absolute atomic E-state index is 0.0437. The van der Waals surface area contributed by atoms with Gasteiger partial charge in [0.1, 0.15) is 18.0 Å². The van der Waals surface area contributed by atoms with Crippen LogP contribution in [0.1, 0.15) is 70.6 Å². The van der Waals surface area contributed by atoms with Gasteiger partial charge in [0.2, 0.25) is 0 Å².